The molecule has 5 heteroatoms. The third-order valence-electron chi connectivity index (χ3n) is 3.06. The molecule has 1 aromatic heterocycles. The zero-order valence-corrected chi connectivity index (χ0v) is 12.2. The molecule has 5 nitrogen and oxygen atoms in total. The van der Waals surface area contributed by atoms with Gasteiger partial charge < -0.3 is 10.6 Å². The minimum Gasteiger partial charge on any atom is -0.381 e. The van der Waals surface area contributed by atoms with Crippen LogP contribution in [-0.4, -0.2) is 22.2 Å². The third kappa shape index (κ3) is 4.21. The second kappa shape index (κ2) is 7.28. The monoisotopic (exact) mass is 284 g/mol. The van der Waals surface area contributed by atoms with Gasteiger partial charge in [-0.05, 0) is 31.2 Å². The first-order chi connectivity index (χ1) is 10.2. The number of anilines is 1. The third-order valence-corrected chi connectivity index (χ3v) is 3.06. The van der Waals surface area contributed by atoms with Crippen LogP contribution in [0.3, 0.4) is 0 Å². The van der Waals surface area contributed by atoms with Crippen LogP contribution in [0.25, 0.3) is 0 Å². The molecule has 110 valence electrons. The summed E-state index contributed by atoms with van der Waals surface area (Å²) in [6.45, 7) is 7.68. The van der Waals surface area contributed by atoms with Crippen molar-refractivity contribution in [3.05, 3.63) is 60.4 Å². The molecule has 0 bridgehead atoms. The number of hydrogen-bond donors (Lipinski definition) is 2. The van der Waals surface area contributed by atoms with E-state index in [-0.39, 0.29) is 5.91 Å². The van der Waals surface area contributed by atoms with E-state index in [0.717, 1.165) is 17.8 Å². The molecule has 0 aliphatic rings. The summed E-state index contributed by atoms with van der Waals surface area (Å²) in [6, 6.07) is 7.40. The molecule has 0 atom stereocenters. The van der Waals surface area contributed by atoms with E-state index >= 15 is 0 Å². The van der Waals surface area contributed by atoms with Gasteiger partial charge in [0.25, 0.3) is 5.91 Å². The van der Waals surface area contributed by atoms with Gasteiger partial charge in [-0.3, -0.25) is 9.48 Å². The molecule has 1 aromatic carbocycles. The summed E-state index contributed by atoms with van der Waals surface area (Å²) in [5, 5.41) is 10.3. The van der Waals surface area contributed by atoms with Crippen molar-refractivity contribution < 1.29 is 4.79 Å². The predicted octanol–water partition coefficient (Wildman–Crippen LogP) is 2.43. The summed E-state index contributed by atoms with van der Waals surface area (Å²) in [5.74, 6) is -0.0920. The van der Waals surface area contributed by atoms with Gasteiger partial charge in [-0.2, -0.15) is 5.10 Å². The average Bonchev–Trinajstić information content (AvgIpc) is 2.99. The largest absolute Gasteiger partial charge is 0.381 e. The van der Waals surface area contributed by atoms with Crippen LogP contribution in [0.5, 0.6) is 0 Å². The standard InChI is InChI=1S/C16H20N4O/c1-3-9-17-16(21)14-5-7-15(8-6-14)18-10-13-11-19-20(4-2)12-13/h3,5-8,11-12,18H,1,4,9-10H2,2H3,(H,17,21). The number of rotatable bonds is 7. The van der Waals surface area contributed by atoms with Crippen molar-refractivity contribution in [1.82, 2.24) is 15.1 Å². The number of carbonyl (C=O) groups is 1. The van der Waals surface area contributed by atoms with Crippen molar-refractivity contribution in [2.45, 2.75) is 20.0 Å². The van der Waals surface area contributed by atoms with Crippen LogP contribution >= 0.6 is 0 Å². The molecule has 21 heavy (non-hydrogen) atoms. The van der Waals surface area contributed by atoms with E-state index in [9.17, 15) is 4.79 Å². The highest BCUT2D eigenvalue weighted by molar-refractivity contribution is 5.94. The maximum absolute atomic E-state index is 11.7. The number of amides is 1. The van der Waals surface area contributed by atoms with Gasteiger partial charge in [-0.1, -0.05) is 6.08 Å². The van der Waals surface area contributed by atoms with Crippen LogP contribution in [0.15, 0.2) is 49.3 Å². The number of aryl methyl sites for hydroxylation is 1. The summed E-state index contributed by atoms with van der Waals surface area (Å²) < 4.78 is 1.89. The summed E-state index contributed by atoms with van der Waals surface area (Å²) in [6.07, 6.45) is 5.53. The Bertz CT molecular complexity index is 601. The van der Waals surface area contributed by atoms with Gasteiger partial charge in [0.05, 0.1) is 6.20 Å². The Kier molecular flexibility index (Phi) is 5.15. The molecule has 0 radical (unpaired) electrons. The molecule has 0 saturated carbocycles. The van der Waals surface area contributed by atoms with Crippen LogP contribution in [0.2, 0.25) is 0 Å². The Morgan fingerprint density at radius 3 is 2.76 bits per heavy atom. The molecule has 0 fully saturated rings. The van der Waals surface area contributed by atoms with E-state index in [1.807, 2.05) is 29.2 Å². The molecule has 0 unspecified atom stereocenters. The number of hydrogen-bond acceptors (Lipinski definition) is 3. The van der Waals surface area contributed by atoms with Gasteiger partial charge in [0.15, 0.2) is 0 Å². The SMILES string of the molecule is C=CCNC(=O)c1ccc(NCc2cnn(CC)c2)cc1. The van der Waals surface area contributed by atoms with Gasteiger partial charge in [0.2, 0.25) is 0 Å². The van der Waals surface area contributed by atoms with Gasteiger partial charge in [-0.25, -0.2) is 0 Å². The minimum atomic E-state index is -0.0920. The average molecular weight is 284 g/mol. The lowest BCUT2D eigenvalue weighted by Gasteiger charge is -2.06. The maximum Gasteiger partial charge on any atom is 0.251 e. The van der Waals surface area contributed by atoms with Crippen molar-refractivity contribution in [2.24, 2.45) is 0 Å². The van der Waals surface area contributed by atoms with Crippen molar-refractivity contribution >= 4 is 11.6 Å². The van der Waals surface area contributed by atoms with Gasteiger partial charge in [0, 0.05) is 42.6 Å². The van der Waals surface area contributed by atoms with Crippen LogP contribution < -0.4 is 10.6 Å². The Labute approximate surface area is 124 Å². The lowest BCUT2D eigenvalue weighted by atomic mass is 10.2. The number of aromatic nitrogens is 2. The van der Waals surface area contributed by atoms with Crippen LogP contribution in [0.1, 0.15) is 22.8 Å². The van der Waals surface area contributed by atoms with Gasteiger partial charge >= 0.3 is 0 Å². The fourth-order valence-electron chi connectivity index (χ4n) is 1.88. The molecule has 0 aliphatic heterocycles. The molecule has 1 heterocycles. The van der Waals surface area contributed by atoms with E-state index < -0.39 is 0 Å². The van der Waals surface area contributed by atoms with Crippen molar-refractivity contribution in [3.8, 4) is 0 Å². The lowest BCUT2D eigenvalue weighted by molar-refractivity contribution is 0.0958. The zero-order valence-electron chi connectivity index (χ0n) is 12.2. The quantitative estimate of drug-likeness (QED) is 0.768. The second-order valence-corrected chi connectivity index (χ2v) is 4.63. The molecule has 1 amide bonds. The number of nitrogens with zero attached hydrogens (tertiary/aromatic N) is 2. The van der Waals surface area contributed by atoms with E-state index in [1.54, 1.807) is 18.2 Å². The molecule has 2 aromatic rings. The molecular weight excluding hydrogens is 264 g/mol. The zero-order chi connectivity index (χ0) is 15.1. The summed E-state index contributed by atoms with van der Waals surface area (Å²) in [4.78, 5) is 11.7. The summed E-state index contributed by atoms with van der Waals surface area (Å²) >= 11 is 0. The fraction of sp³-hybridized carbons (Fsp3) is 0.250. The Balaban J connectivity index is 1.89. The summed E-state index contributed by atoms with van der Waals surface area (Å²) in [7, 11) is 0. The van der Waals surface area contributed by atoms with Gasteiger partial charge in [-0.15, -0.1) is 6.58 Å². The first-order valence-corrected chi connectivity index (χ1v) is 6.97. The first kappa shape index (κ1) is 14.8. The number of nitrogens with one attached hydrogen (secondary N) is 2. The molecule has 0 aliphatic carbocycles. The van der Waals surface area contributed by atoms with Crippen molar-refractivity contribution in [3.63, 3.8) is 0 Å². The van der Waals surface area contributed by atoms with E-state index in [2.05, 4.69) is 29.2 Å². The highest BCUT2D eigenvalue weighted by Gasteiger charge is 2.04. The first-order valence-electron chi connectivity index (χ1n) is 6.97. The lowest BCUT2D eigenvalue weighted by Crippen LogP contribution is -2.23. The Morgan fingerprint density at radius 1 is 1.38 bits per heavy atom. The Hall–Kier alpha value is -2.56. The minimum absolute atomic E-state index is 0.0920. The van der Waals surface area contributed by atoms with Crippen LogP contribution in [-0.2, 0) is 13.1 Å². The number of benzene rings is 1. The molecular formula is C16H20N4O. The van der Waals surface area contributed by atoms with Crippen molar-refractivity contribution in [1.29, 1.82) is 0 Å². The van der Waals surface area contributed by atoms with Crippen LogP contribution in [0.4, 0.5) is 5.69 Å². The molecule has 2 rings (SSSR count). The molecule has 0 spiro atoms. The fourth-order valence-corrected chi connectivity index (χ4v) is 1.88. The molecule has 0 saturated heterocycles. The highest BCUT2D eigenvalue weighted by atomic mass is 16.1. The normalized spacial score (nSPS) is 10.1. The van der Waals surface area contributed by atoms with E-state index in [0.29, 0.717) is 18.7 Å². The number of carbonyl (C=O) groups excluding carboxylic acids is 1. The van der Waals surface area contributed by atoms with Crippen molar-refractivity contribution in [2.75, 3.05) is 11.9 Å². The smallest absolute Gasteiger partial charge is 0.251 e. The second-order valence-electron chi connectivity index (χ2n) is 4.63. The van der Waals surface area contributed by atoms with Crippen LogP contribution in [0, 0.1) is 0 Å². The Morgan fingerprint density at radius 2 is 2.14 bits per heavy atom. The highest BCUT2D eigenvalue weighted by Crippen LogP contribution is 2.11. The maximum atomic E-state index is 11.7. The topological polar surface area (TPSA) is 59.0 Å². The summed E-state index contributed by atoms with van der Waals surface area (Å²) in [5.41, 5.74) is 2.74. The van der Waals surface area contributed by atoms with E-state index in [4.69, 9.17) is 0 Å². The predicted molar refractivity (Wildman–Crippen MR) is 84.2 cm³/mol. The van der Waals surface area contributed by atoms with Gasteiger partial charge in [0.1, 0.15) is 0 Å². The van der Waals surface area contributed by atoms with E-state index in [1.165, 1.54) is 0 Å². The molecule has 2 N–H and O–H groups in total.